The summed E-state index contributed by atoms with van der Waals surface area (Å²) in [5.41, 5.74) is 0. The van der Waals surface area contributed by atoms with Crippen molar-refractivity contribution in [3.8, 4) is 0 Å². The minimum Gasteiger partial charge on any atom is 1.00 e. The van der Waals surface area contributed by atoms with Crippen LogP contribution in [0.2, 0.25) is 0 Å². The molecule has 0 aliphatic heterocycles. The van der Waals surface area contributed by atoms with Crippen molar-refractivity contribution < 1.29 is 46.0 Å². The van der Waals surface area contributed by atoms with E-state index in [1.54, 1.807) is 0 Å². The first kappa shape index (κ1) is 15.7. The summed E-state index contributed by atoms with van der Waals surface area (Å²) in [6, 6.07) is 0. The van der Waals surface area contributed by atoms with Gasteiger partial charge in [-0.15, -0.1) is 0 Å². The van der Waals surface area contributed by atoms with Gasteiger partial charge < -0.3 is 6.15 Å². The maximum absolute atomic E-state index is 4.88. The summed E-state index contributed by atoms with van der Waals surface area (Å²) in [6.45, 7) is 0. The molecule has 0 aliphatic carbocycles. The quantitative estimate of drug-likeness (QED) is 0.546. The fraction of sp³-hybridized carbons (Fsp3) is 0. The average molecular weight is 306 g/mol. The molecule has 0 atom stereocenters. The summed E-state index contributed by atoms with van der Waals surface area (Å²) < 4.78 is 0. The summed E-state index contributed by atoms with van der Waals surface area (Å²) in [5.74, 6) is 0. The molecular weight excluding hydrogens is 303 g/mol. The third-order valence-electron chi connectivity index (χ3n) is 0. The molecule has 3 N–H and O–H groups in total. The van der Waals surface area contributed by atoms with Gasteiger partial charge in [-0.05, 0) is 0 Å². The van der Waals surface area contributed by atoms with E-state index in [1.165, 1.54) is 0 Å². The van der Waals surface area contributed by atoms with E-state index >= 15 is 0 Å². The van der Waals surface area contributed by atoms with Crippen LogP contribution in [0.3, 0.4) is 0 Å². The van der Waals surface area contributed by atoms with Crippen LogP contribution in [0, 0.1) is 0 Å². The van der Waals surface area contributed by atoms with E-state index in [-0.39, 0.29) is 35.7 Å². The van der Waals surface area contributed by atoms with Crippen molar-refractivity contribution >= 4 is 18.8 Å². The van der Waals surface area contributed by atoms with E-state index in [0.717, 1.165) is 0 Å². The van der Waals surface area contributed by atoms with Crippen molar-refractivity contribution in [2.24, 2.45) is 0 Å². The van der Waals surface area contributed by atoms with E-state index in [4.69, 9.17) is 18.8 Å². The molecule has 0 bridgehead atoms. The third-order valence-corrected chi connectivity index (χ3v) is 0. The van der Waals surface area contributed by atoms with E-state index < -0.39 is 16.5 Å². The van der Waals surface area contributed by atoms with Crippen LogP contribution in [0.1, 0.15) is 0 Å². The normalized spacial score (nSPS) is 4.40. The molecule has 0 fully saturated rings. The molecule has 0 saturated carbocycles. The van der Waals surface area contributed by atoms with Crippen LogP contribution in [0.4, 0.5) is 0 Å². The predicted octanol–water partition coefficient (Wildman–Crippen LogP) is -1.46. The molecule has 0 spiro atoms. The molecule has 0 unspecified atom stereocenters. The van der Waals surface area contributed by atoms with Crippen molar-refractivity contribution in [3.05, 3.63) is 0 Å². The van der Waals surface area contributed by atoms with Gasteiger partial charge in [-0.25, -0.2) is 0 Å². The zero-order valence-corrected chi connectivity index (χ0v) is 8.56. The predicted molar refractivity (Wildman–Crippen MR) is 16.7 cm³/mol. The molecule has 0 saturated heterocycles. The number of hydrogen-bond donors (Lipinski definition) is 1. The van der Waals surface area contributed by atoms with Gasteiger partial charge in [0.25, 0.3) is 0 Å². The summed E-state index contributed by atoms with van der Waals surface area (Å²) in [6.07, 6.45) is 0. The average Bonchev–Trinajstić information content (AvgIpc) is 0.918. The van der Waals surface area contributed by atoms with Crippen molar-refractivity contribution in [2.75, 3.05) is 0 Å². The molecule has 0 aromatic rings. The van der Waals surface area contributed by atoms with E-state index in [2.05, 4.69) is 0 Å². The Morgan fingerprint density at radius 3 is 1.20 bits per heavy atom. The second kappa shape index (κ2) is 16.3. The van der Waals surface area contributed by atoms with Crippen molar-refractivity contribution in [1.82, 2.24) is 6.15 Å². The Morgan fingerprint density at radius 1 is 1.20 bits per heavy atom. The second-order valence-corrected chi connectivity index (χ2v) is 3.33. The molecule has 5 heavy (non-hydrogen) atoms. The smallest absolute Gasteiger partial charge is 1.00 e. The maximum atomic E-state index is 4.88. The molecule has 0 aromatic heterocycles. The van der Waals surface area contributed by atoms with Crippen LogP contribution in [0.5, 0.6) is 0 Å². The van der Waals surface area contributed by atoms with Gasteiger partial charge in [0.15, 0.2) is 0 Å². The molecular formula is H3Cl2NNaPt+. The van der Waals surface area contributed by atoms with Gasteiger partial charge in [-0.1, -0.05) is 0 Å². The number of rotatable bonds is 0. The topological polar surface area (TPSA) is 35.0 Å². The summed E-state index contributed by atoms with van der Waals surface area (Å²) in [5, 5.41) is 0. The third kappa shape index (κ3) is 22.4. The molecule has 0 rings (SSSR count). The molecule has 0 amide bonds. The van der Waals surface area contributed by atoms with Crippen molar-refractivity contribution in [1.29, 1.82) is 0 Å². The van der Waals surface area contributed by atoms with Crippen molar-refractivity contribution in [3.63, 3.8) is 0 Å². The van der Waals surface area contributed by atoms with Gasteiger partial charge in [0.05, 0.1) is 0 Å². The van der Waals surface area contributed by atoms with Gasteiger partial charge in [-0.2, -0.15) is 0 Å². The minimum atomic E-state index is -0.472. The number of halogens is 2. The largest absolute Gasteiger partial charge is 1.00 e. The number of hydrogen-bond acceptors (Lipinski definition) is 1. The van der Waals surface area contributed by atoms with E-state index in [9.17, 15) is 0 Å². The standard InChI is InChI=1S/2ClH.H3N.Na.Pt/h2*1H;1H3;;/q;;;+1;+2/p-2. The molecule has 1 nitrogen and oxygen atoms in total. The first-order chi connectivity index (χ1) is 1.41. The zero-order valence-electron chi connectivity index (χ0n) is 2.78. The van der Waals surface area contributed by atoms with E-state index in [0.29, 0.717) is 0 Å². The first-order valence-corrected chi connectivity index (χ1v) is 5.87. The van der Waals surface area contributed by atoms with Crippen LogP contribution in [-0.2, 0) is 16.5 Å². The Kier molecular flexibility index (Phi) is 51.2. The van der Waals surface area contributed by atoms with Gasteiger partial charge in [0.2, 0.25) is 0 Å². The van der Waals surface area contributed by atoms with Crippen molar-refractivity contribution in [2.45, 2.75) is 0 Å². The zero-order chi connectivity index (χ0) is 2.71. The summed E-state index contributed by atoms with van der Waals surface area (Å²) in [4.78, 5) is 0. The van der Waals surface area contributed by atoms with Gasteiger partial charge in [0, 0.05) is 0 Å². The maximum Gasteiger partial charge on any atom is 1.00 e. The molecule has 5 heteroatoms. The molecule has 0 radical (unpaired) electrons. The fourth-order valence-corrected chi connectivity index (χ4v) is 0. The summed E-state index contributed by atoms with van der Waals surface area (Å²) in [7, 11) is 9.75. The van der Waals surface area contributed by atoms with Crippen LogP contribution >= 0.6 is 18.8 Å². The van der Waals surface area contributed by atoms with Crippen LogP contribution < -0.4 is 35.7 Å². The van der Waals surface area contributed by atoms with E-state index in [1.807, 2.05) is 0 Å². The van der Waals surface area contributed by atoms with Gasteiger partial charge >= 0.3 is 64.9 Å². The Bertz CT molecular complexity index is 9.61. The summed E-state index contributed by atoms with van der Waals surface area (Å²) >= 11 is -0.472. The van der Waals surface area contributed by atoms with Crippen LogP contribution in [0.15, 0.2) is 0 Å². The molecule has 0 heterocycles. The monoisotopic (exact) mass is 305 g/mol. The SMILES string of the molecule is N.[Cl][Pt][Cl].[Na+]. The van der Waals surface area contributed by atoms with Crippen LogP contribution in [0.25, 0.3) is 0 Å². The molecule has 0 aliphatic rings. The van der Waals surface area contributed by atoms with Gasteiger partial charge in [-0.3, -0.25) is 0 Å². The fourth-order valence-electron chi connectivity index (χ4n) is 0. The Hall–Kier alpha value is 2.23. The molecule has 32 valence electrons. The Morgan fingerprint density at radius 2 is 1.20 bits per heavy atom. The minimum absolute atomic E-state index is 0. The Balaban J connectivity index is -0.0000000200. The second-order valence-electron chi connectivity index (χ2n) is 0.0452. The Labute approximate surface area is 70.0 Å². The van der Waals surface area contributed by atoms with Gasteiger partial charge in [0.1, 0.15) is 0 Å². The van der Waals surface area contributed by atoms with Crippen LogP contribution in [-0.4, -0.2) is 0 Å². The molecule has 0 aromatic carbocycles. The first-order valence-electron chi connectivity index (χ1n) is 0.239.